The number of rotatable bonds is 7. The molecule has 162 valence electrons. The zero-order chi connectivity index (χ0) is 20.5. The molecule has 0 fully saturated rings. The van der Waals surface area contributed by atoms with Crippen molar-refractivity contribution >= 4 is 35.8 Å². The number of fused-ring (bicyclic) bond motifs is 1. The molecule has 1 aliphatic heterocycles. The Morgan fingerprint density at radius 1 is 1.13 bits per heavy atom. The summed E-state index contributed by atoms with van der Waals surface area (Å²) in [5, 5.41) is 3.25. The highest BCUT2D eigenvalue weighted by molar-refractivity contribution is 14.0. The Bertz CT molecular complexity index is 829. The molecule has 0 saturated heterocycles. The minimum Gasteiger partial charge on any atom is -0.492 e. The van der Waals surface area contributed by atoms with Gasteiger partial charge in [-0.15, -0.1) is 24.0 Å². The summed E-state index contributed by atoms with van der Waals surface area (Å²) in [5.41, 5.74) is 2.57. The molecule has 2 aromatic carbocycles. The molecule has 0 unspecified atom stereocenters. The van der Waals surface area contributed by atoms with Gasteiger partial charge < -0.3 is 19.9 Å². The summed E-state index contributed by atoms with van der Waals surface area (Å²) in [5.74, 6) is 1.63. The van der Waals surface area contributed by atoms with Crippen LogP contribution in [0.25, 0.3) is 0 Å². The van der Waals surface area contributed by atoms with E-state index < -0.39 is 0 Å². The summed E-state index contributed by atoms with van der Waals surface area (Å²) in [7, 11) is 1.96. The number of carbonyl (C=O) groups excluding carboxylic acids is 1. The molecule has 1 aliphatic rings. The van der Waals surface area contributed by atoms with Crippen LogP contribution < -0.4 is 10.1 Å². The predicted octanol–water partition coefficient (Wildman–Crippen LogP) is 3.17. The van der Waals surface area contributed by atoms with Crippen LogP contribution in [0.1, 0.15) is 18.1 Å². The van der Waals surface area contributed by atoms with Gasteiger partial charge in [0.2, 0.25) is 5.91 Å². The topological polar surface area (TPSA) is 57.2 Å². The highest BCUT2D eigenvalue weighted by Crippen LogP contribution is 2.18. The Morgan fingerprint density at radius 2 is 1.83 bits per heavy atom. The number of benzene rings is 2. The largest absolute Gasteiger partial charge is 0.492 e. The lowest BCUT2D eigenvalue weighted by molar-refractivity contribution is -0.130. The lowest BCUT2D eigenvalue weighted by atomic mass is 10.00. The van der Waals surface area contributed by atoms with Gasteiger partial charge in [0.25, 0.3) is 0 Å². The van der Waals surface area contributed by atoms with Gasteiger partial charge >= 0.3 is 0 Å². The molecule has 3 rings (SSSR count). The number of carbonyl (C=O) groups is 1. The van der Waals surface area contributed by atoms with E-state index >= 15 is 0 Å². The number of nitrogens with one attached hydrogen (secondary N) is 1. The van der Waals surface area contributed by atoms with Crippen molar-refractivity contribution in [1.29, 1.82) is 0 Å². The molecule has 1 amide bonds. The van der Waals surface area contributed by atoms with E-state index in [0.717, 1.165) is 31.2 Å². The van der Waals surface area contributed by atoms with E-state index in [1.54, 1.807) is 0 Å². The average molecular weight is 522 g/mol. The van der Waals surface area contributed by atoms with Gasteiger partial charge in [-0.3, -0.25) is 4.79 Å². The second-order valence-corrected chi connectivity index (χ2v) is 7.09. The van der Waals surface area contributed by atoms with Gasteiger partial charge in [-0.2, -0.15) is 0 Å². The Morgan fingerprint density at radius 3 is 2.57 bits per heavy atom. The Labute approximate surface area is 196 Å². The van der Waals surface area contributed by atoms with Gasteiger partial charge in [-0.05, 0) is 36.6 Å². The van der Waals surface area contributed by atoms with Crippen LogP contribution in [0, 0.1) is 0 Å². The molecular weight excluding hydrogens is 491 g/mol. The van der Waals surface area contributed by atoms with Gasteiger partial charge in [0.15, 0.2) is 5.96 Å². The van der Waals surface area contributed by atoms with Crippen molar-refractivity contribution in [3.05, 3.63) is 65.7 Å². The van der Waals surface area contributed by atoms with Gasteiger partial charge in [0.05, 0.1) is 6.54 Å². The van der Waals surface area contributed by atoms with E-state index in [0.29, 0.717) is 19.7 Å². The number of guanidine groups is 1. The van der Waals surface area contributed by atoms with Crippen LogP contribution in [0.2, 0.25) is 0 Å². The van der Waals surface area contributed by atoms with E-state index in [-0.39, 0.29) is 36.4 Å². The van der Waals surface area contributed by atoms with Gasteiger partial charge in [-0.1, -0.05) is 42.5 Å². The summed E-state index contributed by atoms with van der Waals surface area (Å²) in [6, 6.07) is 18.1. The number of amides is 1. The molecule has 6 nitrogen and oxygen atoms in total. The molecule has 0 radical (unpaired) electrons. The van der Waals surface area contributed by atoms with Crippen LogP contribution in [0.5, 0.6) is 5.75 Å². The zero-order valence-corrected chi connectivity index (χ0v) is 20.0. The number of nitrogens with zero attached hydrogens (tertiary/aromatic N) is 3. The maximum Gasteiger partial charge on any atom is 0.244 e. The molecule has 0 saturated carbocycles. The van der Waals surface area contributed by atoms with Crippen LogP contribution in [0.15, 0.2) is 59.6 Å². The fraction of sp³-hybridized carbons (Fsp3) is 0.391. The van der Waals surface area contributed by atoms with Crippen LogP contribution in [-0.4, -0.2) is 61.5 Å². The quantitative estimate of drug-likeness (QED) is 0.345. The van der Waals surface area contributed by atoms with Crippen molar-refractivity contribution in [2.75, 3.05) is 39.8 Å². The number of ether oxygens (including phenoxy) is 1. The van der Waals surface area contributed by atoms with Crippen molar-refractivity contribution in [2.45, 2.75) is 19.9 Å². The second-order valence-electron chi connectivity index (χ2n) is 7.09. The first kappa shape index (κ1) is 24.0. The molecule has 1 N–H and O–H groups in total. The zero-order valence-electron chi connectivity index (χ0n) is 17.7. The van der Waals surface area contributed by atoms with Crippen LogP contribution >= 0.6 is 24.0 Å². The SMILES string of the molecule is CCNC(=NCC(=O)N1CCc2ccccc2C1)N(C)CCOc1ccccc1.I. The highest BCUT2D eigenvalue weighted by Gasteiger charge is 2.20. The van der Waals surface area contributed by atoms with E-state index in [1.807, 2.05) is 60.2 Å². The molecule has 1 heterocycles. The minimum absolute atomic E-state index is 0. The molecule has 30 heavy (non-hydrogen) atoms. The third-order valence-electron chi connectivity index (χ3n) is 4.98. The highest BCUT2D eigenvalue weighted by atomic mass is 127. The molecule has 0 bridgehead atoms. The van der Waals surface area contributed by atoms with E-state index in [9.17, 15) is 4.79 Å². The van der Waals surface area contributed by atoms with Crippen molar-refractivity contribution in [3.8, 4) is 5.75 Å². The Hall–Kier alpha value is -2.29. The molecular formula is C23H31IN4O2. The van der Waals surface area contributed by atoms with Crippen molar-refractivity contribution in [3.63, 3.8) is 0 Å². The minimum atomic E-state index is 0. The van der Waals surface area contributed by atoms with Gasteiger partial charge in [0, 0.05) is 26.7 Å². The summed E-state index contributed by atoms with van der Waals surface area (Å²) in [4.78, 5) is 21.1. The fourth-order valence-electron chi connectivity index (χ4n) is 3.34. The molecule has 7 heteroatoms. The van der Waals surface area contributed by atoms with E-state index in [4.69, 9.17) is 4.74 Å². The number of hydrogen-bond donors (Lipinski definition) is 1. The van der Waals surface area contributed by atoms with Crippen LogP contribution in [0.3, 0.4) is 0 Å². The van der Waals surface area contributed by atoms with Gasteiger partial charge in [-0.25, -0.2) is 4.99 Å². The smallest absolute Gasteiger partial charge is 0.244 e. The number of halogens is 1. The summed E-state index contributed by atoms with van der Waals surface area (Å²) in [6.45, 7) is 5.55. The maximum absolute atomic E-state index is 12.7. The lowest BCUT2D eigenvalue weighted by Crippen LogP contribution is -2.42. The van der Waals surface area contributed by atoms with Crippen molar-refractivity contribution < 1.29 is 9.53 Å². The first-order valence-electron chi connectivity index (χ1n) is 10.2. The Kier molecular flexibility index (Phi) is 9.93. The first-order valence-corrected chi connectivity index (χ1v) is 10.2. The van der Waals surface area contributed by atoms with Crippen molar-refractivity contribution in [1.82, 2.24) is 15.1 Å². The third-order valence-corrected chi connectivity index (χ3v) is 4.98. The third kappa shape index (κ3) is 6.90. The molecule has 2 aromatic rings. The predicted molar refractivity (Wildman–Crippen MR) is 132 cm³/mol. The second kappa shape index (κ2) is 12.4. The molecule has 0 aromatic heterocycles. The molecule has 0 atom stereocenters. The number of aliphatic imine (C=N–C) groups is 1. The van der Waals surface area contributed by atoms with Crippen LogP contribution in [0.4, 0.5) is 0 Å². The first-order chi connectivity index (χ1) is 14.2. The number of hydrogen-bond acceptors (Lipinski definition) is 3. The lowest BCUT2D eigenvalue weighted by Gasteiger charge is -2.28. The van der Waals surface area contributed by atoms with E-state index in [1.165, 1.54) is 11.1 Å². The maximum atomic E-state index is 12.7. The normalized spacial score (nSPS) is 13.1. The van der Waals surface area contributed by atoms with Gasteiger partial charge in [0.1, 0.15) is 18.9 Å². The van der Waals surface area contributed by atoms with Crippen molar-refractivity contribution in [2.24, 2.45) is 4.99 Å². The standard InChI is InChI=1S/C23H30N4O2.HI/c1-3-24-23(26(2)15-16-29-21-11-5-4-6-12-21)25-17-22(28)27-14-13-19-9-7-8-10-20(19)18-27;/h4-12H,3,13-18H2,1-2H3,(H,24,25);1H. The van der Waals surface area contributed by atoms with Crippen LogP contribution in [-0.2, 0) is 17.8 Å². The fourth-order valence-corrected chi connectivity index (χ4v) is 3.34. The monoisotopic (exact) mass is 522 g/mol. The Balaban J connectivity index is 0.00000320. The molecule has 0 spiro atoms. The number of likely N-dealkylation sites (N-methyl/N-ethyl adjacent to an activating group) is 1. The summed E-state index contributed by atoms with van der Waals surface area (Å²) < 4.78 is 5.76. The number of para-hydroxylation sites is 1. The molecule has 0 aliphatic carbocycles. The van der Waals surface area contributed by atoms with E-state index in [2.05, 4.69) is 28.5 Å². The average Bonchev–Trinajstić information content (AvgIpc) is 2.76. The summed E-state index contributed by atoms with van der Waals surface area (Å²) in [6.07, 6.45) is 0.905. The summed E-state index contributed by atoms with van der Waals surface area (Å²) >= 11 is 0.